The maximum Gasteiger partial charge on any atom is 0.337 e. The lowest BCUT2D eigenvalue weighted by molar-refractivity contribution is 0.0696. The third-order valence-corrected chi connectivity index (χ3v) is 4.90. The number of carboxylic acids is 1. The van der Waals surface area contributed by atoms with Crippen LogP contribution >= 0.6 is 0 Å². The molecule has 0 saturated heterocycles. The number of furan rings is 1. The smallest absolute Gasteiger partial charge is 0.337 e. The van der Waals surface area contributed by atoms with E-state index in [1.807, 2.05) is 30.3 Å². The van der Waals surface area contributed by atoms with Crippen LogP contribution in [0, 0.1) is 6.92 Å². The first-order chi connectivity index (χ1) is 14.9. The van der Waals surface area contributed by atoms with Gasteiger partial charge in [-0.05, 0) is 43.3 Å². The Morgan fingerprint density at radius 3 is 2.81 bits per heavy atom. The van der Waals surface area contributed by atoms with Crippen LogP contribution in [-0.4, -0.2) is 33.9 Å². The Morgan fingerprint density at radius 1 is 1.26 bits per heavy atom. The maximum atomic E-state index is 12.4. The number of carboxylic acid groups (broad SMARTS) is 1. The Bertz CT molecular complexity index is 1190. The highest BCUT2D eigenvalue weighted by molar-refractivity contribution is 6.03. The van der Waals surface area contributed by atoms with Crippen LogP contribution < -0.4 is 10.1 Å². The van der Waals surface area contributed by atoms with Gasteiger partial charge in [-0.2, -0.15) is 0 Å². The minimum Gasteiger partial charge on any atom is -0.478 e. The number of carbonyl (C=O) groups excluding carboxylic acids is 1. The number of aromatic amines is 1. The third-order valence-electron chi connectivity index (χ3n) is 4.90. The van der Waals surface area contributed by atoms with Gasteiger partial charge in [-0.1, -0.05) is 6.07 Å². The van der Waals surface area contributed by atoms with Crippen molar-refractivity contribution in [2.24, 2.45) is 0 Å². The highest BCUT2D eigenvalue weighted by atomic mass is 16.5. The lowest BCUT2D eigenvalue weighted by Gasteiger charge is -2.27. The normalized spacial score (nSPS) is 15.5. The quantitative estimate of drug-likeness (QED) is 0.549. The number of nitrogens with one attached hydrogen (secondary N) is 2. The summed E-state index contributed by atoms with van der Waals surface area (Å²) in [5, 5.41) is 11.9. The average Bonchev–Trinajstić information content (AvgIpc) is 3.39. The van der Waals surface area contributed by atoms with Crippen LogP contribution in [0.5, 0.6) is 5.75 Å². The molecule has 158 valence electrons. The molecule has 3 heterocycles. The maximum absolute atomic E-state index is 12.4. The Balaban J connectivity index is 1.50. The molecule has 1 atom stereocenters. The zero-order valence-corrected chi connectivity index (χ0v) is 17.0. The Morgan fingerprint density at radius 2 is 2.10 bits per heavy atom. The average molecular weight is 419 g/mol. The predicted octanol–water partition coefficient (Wildman–Crippen LogP) is 4.33. The molecule has 1 aromatic carbocycles. The molecule has 0 radical (unpaired) electrons. The molecule has 1 aliphatic rings. The van der Waals surface area contributed by atoms with E-state index in [4.69, 9.17) is 14.3 Å². The molecular weight excluding hydrogens is 398 g/mol. The number of hydrogen-bond acceptors (Lipinski definition) is 5. The number of aromatic carboxylic acids is 1. The summed E-state index contributed by atoms with van der Waals surface area (Å²) in [5.41, 5.74) is 2.26. The van der Waals surface area contributed by atoms with Gasteiger partial charge in [-0.25, -0.2) is 4.79 Å². The molecule has 1 unspecified atom stereocenters. The number of H-pyrrole nitrogens is 1. The number of likely N-dealkylation sites (N-methyl/N-ethyl adjacent to an activating group) is 1. The molecule has 4 rings (SSSR count). The van der Waals surface area contributed by atoms with Gasteiger partial charge in [0.1, 0.15) is 11.5 Å². The molecule has 0 fully saturated rings. The van der Waals surface area contributed by atoms with E-state index in [1.165, 1.54) is 12.5 Å². The van der Waals surface area contributed by atoms with Gasteiger partial charge in [0, 0.05) is 42.5 Å². The molecule has 0 spiro atoms. The van der Waals surface area contributed by atoms with E-state index < -0.39 is 5.97 Å². The molecule has 2 aromatic heterocycles. The summed E-state index contributed by atoms with van der Waals surface area (Å²) in [7, 11) is 1.89. The van der Waals surface area contributed by atoms with E-state index in [2.05, 4.69) is 10.3 Å². The van der Waals surface area contributed by atoms with Gasteiger partial charge in [0.2, 0.25) is 0 Å². The molecule has 31 heavy (non-hydrogen) atoms. The largest absolute Gasteiger partial charge is 0.478 e. The summed E-state index contributed by atoms with van der Waals surface area (Å²) in [5.74, 6) is 0.0901. The van der Waals surface area contributed by atoms with Crippen LogP contribution in [0.15, 0.2) is 77.4 Å². The summed E-state index contributed by atoms with van der Waals surface area (Å²) in [6.45, 7) is 1.80. The van der Waals surface area contributed by atoms with E-state index >= 15 is 0 Å². The number of anilines is 1. The molecular formula is C23H21N3O5. The summed E-state index contributed by atoms with van der Waals surface area (Å²) in [6, 6.07) is 10.2. The third kappa shape index (κ3) is 4.37. The highest BCUT2D eigenvalue weighted by Crippen LogP contribution is 2.28. The summed E-state index contributed by atoms with van der Waals surface area (Å²) < 4.78 is 11.2. The van der Waals surface area contributed by atoms with E-state index in [0.29, 0.717) is 17.2 Å². The van der Waals surface area contributed by atoms with Crippen LogP contribution in [0.1, 0.15) is 38.2 Å². The topological polar surface area (TPSA) is 108 Å². The first-order valence-electron chi connectivity index (χ1n) is 9.57. The standard InChI is InChI=1S/C23H21N3O5/c1-14-7-9-30-21(14)22(27)25-16-4-3-5-17(11-16)31-18-6-8-26(2)20(12-18)19-10-15(13-24-19)23(28)29/h3-13,20,24H,1-2H3,(H,25,27)(H,28,29). The number of rotatable bonds is 6. The first kappa shape index (κ1) is 20.1. The summed E-state index contributed by atoms with van der Waals surface area (Å²) in [4.78, 5) is 28.5. The van der Waals surface area contributed by atoms with Crippen LogP contribution in [0.3, 0.4) is 0 Å². The van der Waals surface area contributed by atoms with Crippen molar-refractivity contribution < 1.29 is 23.8 Å². The van der Waals surface area contributed by atoms with Crippen molar-refractivity contribution >= 4 is 17.6 Å². The molecule has 8 heteroatoms. The van der Waals surface area contributed by atoms with Crippen LogP contribution in [-0.2, 0) is 0 Å². The van der Waals surface area contributed by atoms with E-state index in [-0.39, 0.29) is 23.3 Å². The van der Waals surface area contributed by atoms with E-state index in [1.54, 1.807) is 43.3 Å². The molecule has 0 bridgehead atoms. The fraction of sp³-hybridized carbons (Fsp3) is 0.130. The van der Waals surface area contributed by atoms with E-state index in [0.717, 1.165) is 11.3 Å². The van der Waals surface area contributed by atoms with Gasteiger partial charge in [-0.3, -0.25) is 4.79 Å². The number of nitrogens with zero attached hydrogens (tertiary/aromatic N) is 1. The number of hydrogen-bond donors (Lipinski definition) is 3. The lowest BCUT2D eigenvalue weighted by atomic mass is 10.1. The van der Waals surface area contributed by atoms with Gasteiger partial charge >= 0.3 is 5.97 Å². The van der Waals surface area contributed by atoms with Crippen molar-refractivity contribution in [3.63, 3.8) is 0 Å². The fourth-order valence-electron chi connectivity index (χ4n) is 3.26. The SMILES string of the molecule is Cc1ccoc1C(=O)Nc1cccc(OC2=CC(c3cc(C(=O)O)c[nH]3)N(C)C=C2)c1. The zero-order valence-electron chi connectivity index (χ0n) is 17.0. The van der Waals surface area contributed by atoms with Gasteiger partial charge < -0.3 is 29.5 Å². The van der Waals surface area contributed by atoms with Gasteiger partial charge in [0.15, 0.2) is 5.76 Å². The van der Waals surface area contributed by atoms with Crippen molar-refractivity contribution in [3.05, 3.63) is 95.6 Å². The molecule has 3 N–H and O–H groups in total. The second-order valence-corrected chi connectivity index (χ2v) is 7.16. The Hall–Kier alpha value is -4.20. The number of ether oxygens (including phenoxy) is 1. The van der Waals surface area contributed by atoms with Crippen LogP contribution in [0.25, 0.3) is 0 Å². The van der Waals surface area contributed by atoms with Crippen molar-refractivity contribution in [2.75, 3.05) is 12.4 Å². The van der Waals surface area contributed by atoms with Crippen molar-refractivity contribution in [1.29, 1.82) is 0 Å². The van der Waals surface area contributed by atoms with Crippen LogP contribution in [0.2, 0.25) is 0 Å². The van der Waals surface area contributed by atoms with Crippen molar-refractivity contribution in [1.82, 2.24) is 9.88 Å². The van der Waals surface area contributed by atoms with Gasteiger partial charge in [-0.15, -0.1) is 0 Å². The van der Waals surface area contributed by atoms with Gasteiger partial charge in [0.05, 0.1) is 17.9 Å². The summed E-state index contributed by atoms with van der Waals surface area (Å²) >= 11 is 0. The van der Waals surface area contributed by atoms with E-state index in [9.17, 15) is 9.59 Å². The number of carbonyl (C=O) groups is 2. The lowest BCUT2D eigenvalue weighted by Crippen LogP contribution is -2.21. The number of benzene rings is 1. The Labute approximate surface area is 178 Å². The van der Waals surface area contributed by atoms with Crippen LogP contribution in [0.4, 0.5) is 5.69 Å². The Kier molecular flexibility index (Phi) is 5.36. The van der Waals surface area contributed by atoms with Crippen molar-refractivity contribution in [3.8, 4) is 5.75 Å². The predicted molar refractivity (Wildman–Crippen MR) is 114 cm³/mol. The summed E-state index contributed by atoms with van der Waals surface area (Å²) in [6.07, 6.45) is 8.49. The molecule has 1 amide bonds. The minimum atomic E-state index is -0.986. The van der Waals surface area contributed by atoms with Gasteiger partial charge in [0.25, 0.3) is 5.91 Å². The second-order valence-electron chi connectivity index (χ2n) is 7.16. The molecule has 0 aliphatic carbocycles. The number of amides is 1. The molecule has 1 aliphatic heterocycles. The highest BCUT2D eigenvalue weighted by Gasteiger charge is 2.20. The number of aromatic nitrogens is 1. The zero-order chi connectivity index (χ0) is 22.0. The molecule has 3 aromatic rings. The monoisotopic (exact) mass is 419 g/mol. The number of aryl methyl sites for hydroxylation is 1. The number of allylic oxidation sites excluding steroid dienone is 1. The second kappa shape index (κ2) is 8.27. The molecule has 0 saturated carbocycles. The van der Waals surface area contributed by atoms with Crippen molar-refractivity contribution in [2.45, 2.75) is 13.0 Å². The first-order valence-corrected chi connectivity index (χ1v) is 9.57. The fourth-order valence-corrected chi connectivity index (χ4v) is 3.26. The minimum absolute atomic E-state index is 0.198. The molecule has 8 nitrogen and oxygen atoms in total.